The highest BCUT2D eigenvalue weighted by atomic mass is 35.5. The molecule has 0 aliphatic heterocycles. The minimum atomic E-state index is -1.13. The second kappa shape index (κ2) is 8.62. The van der Waals surface area contributed by atoms with Gasteiger partial charge >= 0.3 is 5.97 Å². The van der Waals surface area contributed by atoms with Crippen molar-refractivity contribution >= 4 is 39.8 Å². The van der Waals surface area contributed by atoms with Gasteiger partial charge in [-0.25, -0.2) is 9.78 Å². The van der Waals surface area contributed by atoms with Gasteiger partial charge in [0.05, 0.1) is 27.2 Å². The van der Waals surface area contributed by atoms with E-state index in [2.05, 4.69) is 4.98 Å². The van der Waals surface area contributed by atoms with Crippen molar-refractivity contribution in [1.29, 1.82) is 0 Å². The van der Waals surface area contributed by atoms with Gasteiger partial charge in [0.15, 0.2) is 6.10 Å². The molecule has 0 aliphatic rings. The highest BCUT2D eigenvalue weighted by molar-refractivity contribution is 7.13. The number of hydrogen-bond donors (Lipinski definition) is 1. The maximum absolute atomic E-state index is 12.3. The average molecular weight is 467 g/mol. The van der Waals surface area contributed by atoms with Crippen molar-refractivity contribution in [2.45, 2.75) is 39.4 Å². The molecule has 7 heteroatoms. The number of carboxylic acids is 1. The summed E-state index contributed by atoms with van der Waals surface area (Å²) in [4.78, 5) is 22.3. The van der Waals surface area contributed by atoms with Gasteiger partial charge < -0.3 is 9.84 Å². The number of thiazole rings is 1. The van der Waals surface area contributed by atoms with Gasteiger partial charge in [-0.2, -0.15) is 0 Å². The predicted molar refractivity (Wildman–Crippen MR) is 129 cm³/mol. The van der Waals surface area contributed by atoms with Crippen LogP contribution in [0.5, 0.6) is 0 Å². The number of halogens is 1. The molecule has 2 aromatic carbocycles. The van der Waals surface area contributed by atoms with E-state index in [4.69, 9.17) is 21.3 Å². The summed E-state index contributed by atoms with van der Waals surface area (Å²) in [6.07, 6.45) is 0.656. The lowest BCUT2D eigenvalue weighted by Gasteiger charge is -2.28. The molecule has 0 aliphatic carbocycles. The maximum Gasteiger partial charge on any atom is 0.337 e. The van der Waals surface area contributed by atoms with Crippen LogP contribution in [0.2, 0.25) is 5.02 Å². The van der Waals surface area contributed by atoms with Crippen molar-refractivity contribution < 1.29 is 14.6 Å². The SMILES string of the molecule is Cc1cc2nc(-c3cncs3)ccc2c(-c2ccc(Cl)cc2)c1[C@H](OC(C)(C)C)C(=O)O. The molecule has 0 bridgehead atoms. The van der Waals surface area contributed by atoms with E-state index in [1.54, 1.807) is 23.8 Å². The van der Waals surface area contributed by atoms with Gasteiger partial charge in [-0.05, 0) is 74.7 Å². The van der Waals surface area contributed by atoms with Crippen LogP contribution in [0.25, 0.3) is 32.6 Å². The zero-order valence-electron chi connectivity index (χ0n) is 18.2. The maximum atomic E-state index is 12.3. The lowest BCUT2D eigenvalue weighted by Crippen LogP contribution is -2.28. The first-order valence-electron chi connectivity index (χ1n) is 10.1. The number of carboxylic acid groups (broad SMARTS) is 1. The van der Waals surface area contributed by atoms with E-state index in [1.165, 1.54) is 11.3 Å². The van der Waals surface area contributed by atoms with Crippen LogP contribution in [-0.4, -0.2) is 26.6 Å². The number of ether oxygens (including phenoxy) is 1. The fraction of sp³-hybridized carbons (Fsp3) is 0.240. The first-order valence-corrected chi connectivity index (χ1v) is 11.4. The van der Waals surface area contributed by atoms with Crippen LogP contribution in [0.15, 0.2) is 54.2 Å². The third kappa shape index (κ3) is 4.53. The van der Waals surface area contributed by atoms with E-state index >= 15 is 0 Å². The Labute approximate surface area is 195 Å². The summed E-state index contributed by atoms with van der Waals surface area (Å²) >= 11 is 7.65. The van der Waals surface area contributed by atoms with E-state index in [0.29, 0.717) is 10.6 Å². The number of carbonyl (C=O) groups is 1. The van der Waals surface area contributed by atoms with E-state index in [1.807, 2.05) is 58.0 Å². The molecule has 0 saturated carbocycles. The van der Waals surface area contributed by atoms with Crippen LogP contribution < -0.4 is 0 Å². The normalized spacial score (nSPS) is 12.8. The quantitative estimate of drug-likeness (QED) is 0.345. The van der Waals surface area contributed by atoms with Gasteiger partial charge in [0, 0.05) is 22.2 Å². The molecule has 0 spiro atoms. The number of rotatable bonds is 5. The number of aliphatic carboxylic acids is 1. The monoisotopic (exact) mass is 466 g/mol. The number of aryl methyl sites for hydroxylation is 1. The summed E-state index contributed by atoms with van der Waals surface area (Å²) in [5.74, 6) is -1.04. The third-order valence-corrected chi connectivity index (χ3v) is 6.06. The Kier molecular flexibility index (Phi) is 6.03. The Morgan fingerprint density at radius 2 is 1.88 bits per heavy atom. The predicted octanol–water partition coefficient (Wildman–Crippen LogP) is 6.93. The summed E-state index contributed by atoms with van der Waals surface area (Å²) in [5.41, 5.74) is 5.80. The number of benzene rings is 2. The number of pyridine rings is 1. The molecule has 32 heavy (non-hydrogen) atoms. The fourth-order valence-corrected chi connectivity index (χ4v) is 4.47. The van der Waals surface area contributed by atoms with Crippen LogP contribution in [-0.2, 0) is 9.53 Å². The Balaban J connectivity index is 2.03. The fourth-order valence-electron chi connectivity index (χ4n) is 3.75. The van der Waals surface area contributed by atoms with Crippen molar-refractivity contribution in [3.8, 4) is 21.7 Å². The van der Waals surface area contributed by atoms with E-state index in [-0.39, 0.29) is 0 Å². The van der Waals surface area contributed by atoms with Gasteiger partial charge in [0.1, 0.15) is 0 Å². The molecule has 1 atom stereocenters. The van der Waals surface area contributed by atoms with Gasteiger partial charge in [-0.1, -0.05) is 23.7 Å². The smallest absolute Gasteiger partial charge is 0.337 e. The summed E-state index contributed by atoms with van der Waals surface area (Å²) in [5, 5.41) is 11.6. The van der Waals surface area contributed by atoms with Gasteiger partial charge in [0.25, 0.3) is 0 Å². The van der Waals surface area contributed by atoms with Gasteiger partial charge in [0.2, 0.25) is 0 Å². The minimum absolute atomic E-state index is 0.610. The zero-order valence-corrected chi connectivity index (χ0v) is 19.8. The standard InChI is InChI=1S/C25H23ClN2O3S/c1-14-11-19-17(9-10-18(28-19)20-12-27-13-32-20)22(15-5-7-16(26)8-6-15)21(14)23(24(29)30)31-25(2,3)4/h5-13,23H,1-4H3,(H,29,30)/t23-/m0/s1. The number of aromatic nitrogens is 2. The minimum Gasteiger partial charge on any atom is -0.479 e. The first-order chi connectivity index (χ1) is 15.1. The van der Waals surface area contributed by atoms with Crippen LogP contribution in [0.1, 0.15) is 38.0 Å². The molecule has 2 aromatic heterocycles. The summed E-state index contributed by atoms with van der Waals surface area (Å²) in [6.45, 7) is 7.45. The molecule has 4 aromatic rings. The summed E-state index contributed by atoms with van der Waals surface area (Å²) in [7, 11) is 0. The Hall–Kier alpha value is -2.80. The van der Waals surface area contributed by atoms with Crippen LogP contribution in [0.4, 0.5) is 0 Å². The molecule has 5 nitrogen and oxygen atoms in total. The van der Waals surface area contributed by atoms with Gasteiger partial charge in [-0.3, -0.25) is 4.98 Å². The molecule has 1 N–H and O–H groups in total. The summed E-state index contributed by atoms with van der Waals surface area (Å²) < 4.78 is 6.03. The van der Waals surface area contributed by atoms with Crippen molar-refractivity contribution in [1.82, 2.24) is 9.97 Å². The molecule has 164 valence electrons. The first kappa shape index (κ1) is 22.4. The van der Waals surface area contributed by atoms with Crippen LogP contribution >= 0.6 is 22.9 Å². The summed E-state index contributed by atoms with van der Waals surface area (Å²) in [6, 6.07) is 13.2. The highest BCUT2D eigenvalue weighted by Gasteiger charge is 2.31. The molecule has 0 saturated heterocycles. The van der Waals surface area contributed by atoms with Crippen molar-refractivity contribution in [3.63, 3.8) is 0 Å². The van der Waals surface area contributed by atoms with Crippen molar-refractivity contribution in [2.75, 3.05) is 0 Å². The molecular weight excluding hydrogens is 444 g/mol. The largest absolute Gasteiger partial charge is 0.479 e. The molecule has 2 heterocycles. The zero-order chi connectivity index (χ0) is 23.0. The molecule has 0 amide bonds. The second-order valence-corrected chi connectivity index (χ2v) is 9.89. The molecule has 0 fully saturated rings. The molecular formula is C25H23ClN2O3S. The molecule has 0 unspecified atom stereocenters. The van der Waals surface area contributed by atoms with E-state index in [9.17, 15) is 9.90 Å². The van der Waals surface area contributed by atoms with Crippen molar-refractivity contribution in [3.05, 3.63) is 70.3 Å². The Morgan fingerprint density at radius 3 is 2.47 bits per heavy atom. The lowest BCUT2D eigenvalue weighted by atomic mass is 9.88. The van der Waals surface area contributed by atoms with E-state index in [0.717, 1.165) is 38.2 Å². The number of nitrogens with zero attached hydrogens (tertiary/aromatic N) is 2. The van der Waals surface area contributed by atoms with Crippen molar-refractivity contribution in [2.24, 2.45) is 0 Å². The third-order valence-electron chi connectivity index (χ3n) is 5.02. The Morgan fingerprint density at radius 1 is 1.16 bits per heavy atom. The van der Waals surface area contributed by atoms with E-state index < -0.39 is 17.7 Å². The molecule has 4 rings (SSSR count). The van der Waals surface area contributed by atoms with Crippen LogP contribution in [0.3, 0.4) is 0 Å². The Bertz CT molecular complexity index is 1280. The molecule has 0 radical (unpaired) electrons. The highest BCUT2D eigenvalue weighted by Crippen LogP contribution is 2.41. The number of hydrogen-bond acceptors (Lipinski definition) is 5. The van der Waals surface area contributed by atoms with Gasteiger partial charge in [-0.15, -0.1) is 11.3 Å². The topological polar surface area (TPSA) is 72.3 Å². The van der Waals surface area contributed by atoms with Crippen LogP contribution in [0, 0.1) is 6.92 Å². The second-order valence-electron chi connectivity index (χ2n) is 8.57. The lowest BCUT2D eigenvalue weighted by molar-refractivity contribution is -0.160. The average Bonchev–Trinajstić information content (AvgIpc) is 3.26. The number of fused-ring (bicyclic) bond motifs is 1.